The zero-order valence-corrected chi connectivity index (χ0v) is 15.5. The number of aryl methyl sites for hydroxylation is 1. The van der Waals surface area contributed by atoms with Crippen LogP contribution in [0, 0.1) is 0 Å². The molecule has 2 aromatic carbocycles. The fourth-order valence-electron chi connectivity index (χ4n) is 2.33. The standard InChI is InChI=1S/C20H23ClN2O2/c1-20(2,3)23(19(25)17-7-5-4-6-8-17)22-18(24)16-11-9-15(10-12-16)13-14-21/h4-12H,13-14H2,1-3H3,(H,22,24). The molecule has 25 heavy (non-hydrogen) atoms. The lowest BCUT2D eigenvalue weighted by atomic mass is 10.1. The monoisotopic (exact) mass is 358 g/mol. The smallest absolute Gasteiger partial charge is 0.267 e. The Morgan fingerprint density at radius 3 is 2.08 bits per heavy atom. The number of alkyl halides is 1. The molecule has 1 N–H and O–H groups in total. The predicted octanol–water partition coefficient (Wildman–Crippen LogP) is 4.05. The molecule has 0 aromatic heterocycles. The van der Waals surface area contributed by atoms with Gasteiger partial charge in [0, 0.05) is 17.0 Å². The molecule has 2 aromatic rings. The van der Waals surface area contributed by atoms with Crippen LogP contribution in [0.1, 0.15) is 47.1 Å². The lowest BCUT2D eigenvalue weighted by molar-refractivity contribution is 0.0358. The number of hydrazine groups is 1. The van der Waals surface area contributed by atoms with E-state index in [1.807, 2.05) is 39.0 Å². The van der Waals surface area contributed by atoms with Crippen LogP contribution in [-0.4, -0.2) is 28.2 Å². The summed E-state index contributed by atoms with van der Waals surface area (Å²) in [4.78, 5) is 25.4. The Morgan fingerprint density at radius 1 is 0.960 bits per heavy atom. The number of hydrogen-bond donors (Lipinski definition) is 1. The first kappa shape index (κ1) is 19.0. The Balaban J connectivity index is 2.19. The van der Waals surface area contributed by atoms with Crippen LogP contribution in [-0.2, 0) is 6.42 Å². The van der Waals surface area contributed by atoms with Crippen LogP contribution in [0.3, 0.4) is 0 Å². The first-order valence-electron chi connectivity index (χ1n) is 8.18. The van der Waals surface area contributed by atoms with Gasteiger partial charge in [0.25, 0.3) is 11.8 Å². The van der Waals surface area contributed by atoms with Crippen molar-refractivity contribution in [3.8, 4) is 0 Å². The number of hydrogen-bond acceptors (Lipinski definition) is 2. The molecule has 0 heterocycles. The minimum Gasteiger partial charge on any atom is -0.267 e. The second-order valence-electron chi connectivity index (χ2n) is 6.75. The summed E-state index contributed by atoms with van der Waals surface area (Å²) >= 11 is 5.73. The number of carbonyl (C=O) groups excluding carboxylic acids is 2. The number of rotatable bonds is 4. The topological polar surface area (TPSA) is 49.4 Å². The van der Waals surface area contributed by atoms with Gasteiger partial charge in [-0.05, 0) is 57.0 Å². The molecule has 0 aliphatic carbocycles. The van der Waals surface area contributed by atoms with Crippen molar-refractivity contribution in [1.29, 1.82) is 0 Å². The van der Waals surface area contributed by atoms with E-state index in [9.17, 15) is 9.59 Å². The fraction of sp³-hybridized carbons (Fsp3) is 0.300. The van der Waals surface area contributed by atoms with Crippen LogP contribution in [0.4, 0.5) is 0 Å². The van der Waals surface area contributed by atoms with E-state index in [0.29, 0.717) is 17.0 Å². The lowest BCUT2D eigenvalue weighted by Gasteiger charge is -2.35. The molecule has 0 atom stereocenters. The molecule has 0 aliphatic heterocycles. The van der Waals surface area contributed by atoms with Gasteiger partial charge in [-0.3, -0.25) is 15.0 Å². The van der Waals surface area contributed by atoms with Gasteiger partial charge >= 0.3 is 0 Å². The Morgan fingerprint density at radius 2 is 1.56 bits per heavy atom. The molecule has 0 saturated heterocycles. The number of nitrogens with zero attached hydrogens (tertiary/aromatic N) is 1. The van der Waals surface area contributed by atoms with E-state index in [0.717, 1.165) is 12.0 Å². The fourth-order valence-corrected chi connectivity index (χ4v) is 2.55. The van der Waals surface area contributed by atoms with Gasteiger partial charge in [0.1, 0.15) is 0 Å². The summed E-state index contributed by atoms with van der Waals surface area (Å²) in [6.07, 6.45) is 0.754. The molecule has 2 rings (SSSR count). The average molecular weight is 359 g/mol. The molecule has 0 unspecified atom stereocenters. The van der Waals surface area contributed by atoms with Crippen molar-refractivity contribution in [2.45, 2.75) is 32.7 Å². The normalized spacial score (nSPS) is 11.0. The Hall–Kier alpha value is -2.33. The minimum atomic E-state index is -0.568. The van der Waals surface area contributed by atoms with Crippen LogP contribution in [0.15, 0.2) is 54.6 Å². The van der Waals surface area contributed by atoms with Gasteiger partial charge in [-0.25, -0.2) is 5.01 Å². The molecule has 0 saturated carbocycles. The van der Waals surface area contributed by atoms with E-state index in [2.05, 4.69) is 5.43 Å². The molecule has 0 fully saturated rings. The van der Waals surface area contributed by atoms with Crippen molar-refractivity contribution in [3.05, 3.63) is 71.3 Å². The molecule has 0 aliphatic rings. The largest absolute Gasteiger partial charge is 0.272 e. The van der Waals surface area contributed by atoms with Gasteiger partial charge in [0.2, 0.25) is 0 Å². The van der Waals surface area contributed by atoms with Gasteiger partial charge in [-0.15, -0.1) is 11.6 Å². The molecule has 2 amide bonds. The highest BCUT2D eigenvalue weighted by Gasteiger charge is 2.29. The molecule has 132 valence electrons. The summed E-state index contributed by atoms with van der Waals surface area (Å²) in [5.41, 5.74) is 4.26. The summed E-state index contributed by atoms with van der Waals surface area (Å²) in [5.74, 6) is -0.0357. The van der Waals surface area contributed by atoms with Crippen LogP contribution in [0.5, 0.6) is 0 Å². The van der Waals surface area contributed by atoms with Gasteiger partial charge in [-0.1, -0.05) is 30.3 Å². The van der Waals surface area contributed by atoms with E-state index >= 15 is 0 Å². The number of amides is 2. The van der Waals surface area contributed by atoms with E-state index in [1.165, 1.54) is 5.01 Å². The molecule has 0 radical (unpaired) electrons. The van der Waals surface area contributed by atoms with Crippen LogP contribution < -0.4 is 5.43 Å². The SMILES string of the molecule is CC(C)(C)N(NC(=O)c1ccc(CCCl)cc1)C(=O)c1ccccc1. The summed E-state index contributed by atoms with van der Waals surface area (Å²) in [5, 5.41) is 1.37. The third kappa shape index (κ3) is 5.07. The Kier molecular flexibility index (Phi) is 6.21. The quantitative estimate of drug-likeness (QED) is 0.662. The van der Waals surface area contributed by atoms with Crippen molar-refractivity contribution in [2.24, 2.45) is 0 Å². The van der Waals surface area contributed by atoms with E-state index in [1.54, 1.807) is 36.4 Å². The summed E-state index contributed by atoms with van der Waals surface area (Å²) in [6, 6.07) is 16.1. The average Bonchev–Trinajstić information content (AvgIpc) is 2.59. The molecular weight excluding hydrogens is 336 g/mol. The molecule has 0 spiro atoms. The Labute approximate surface area is 153 Å². The predicted molar refractivity (Wildman–Crippen MR) is 101 cm³/mol. The first-order valence-corrected chi connectivity index (χ1v) is 8.72. The zero-order valence-electron chi connectivity index (χ0n) is 14.8. The van der Waals surface area contributed by atoms with E-state index in [-0.39, 0.29) is 11.8 Å². The molecule has 4 nitrogen and oxygen atoms in total. The third-order valence-electron chi connectivity index (χ3n) is 3.71. The Bertz CT molecular complexity index is 722. The maximum atomic E-state index is 12.8. The highest BCUT2D eigenvalue weighted by Crippen LogP contribution is 2.16. The maximum absolute atomic E-state index is 12.8. The maximum Gasteiger partial charge on any atom is 0.272 e. The minimum absolute atomic E-state index is 0.250. The van der Waals surface area contributed by atoms with E-state index < -0.39 is 5.54 Å². The van der Waals surface area contributed by atoms with Gasteiger partial charge in [0.15, 0.2) is 0 Å². The number of nitrogens with one attached hydrogen (secondary N) is 1. The summed E-state index contributed by atoms with van der Waals surface area (Å²) in [6.45, 7) is 5.62. The van der Waals surface area contributed by atoms with Crippen LogP contribution in [0.25, 0.3) is 0 Å². The van der Waals surface area contributed by atoms with Gasteiger partial charge in [-0.2, -0.15) is 0 Å². The highest BCUT2D eigenvalue weighted by atomic mass is 35.5. The van der Waals surface area contributed by atoms with Crippen molar-refractivity contribution >= 4 is 23.4 Å². The third-order valence-corrected chi connectivity index (χ3v) is 3.90. The zero-order chi connectivity index (χ0) is 18.4. The summed E-state index contributed by atoms with van der Waals surface area (Å²) < 4.78 is 0. The van der Waals surface area contributed by atoms with Gasteiger partial charge in [0.05, 0.1) is 5.54 Å². The van der Waals surface area contributed by atoms with Crippen LogP contribution >= 0.6 is 11.6 Å². The van der Waals surface area contributed by atoms with Crippen molar-refractivity contribution < 1.29 is 9.59 Å². The number of carbonyl (C=O) groups is 2. The number of halogens is 1. The highest BCUT2D eigenvalue weighted by molar-refractivity contribution is 6.18. The number of benzene rings is 2. The van der Waals surface area contributed by atoms with Crippen LogP contribution in [0.2, 0.25) is 0 Å². The lowest BCUT2D eigenvalue weighted by Crippen LogP contribution is -2.55. The summed E-state index contributed by atoms with van der Waals surface area (Å²) in [7, 11) is 0. The second kappa shape index (κ2) is 8.17. The molecular formula is C20H23ClN2O2. The molecule has 0 bridgehead atoms. The first-order chi connectivity index (χ1) is 11.8. The van der Waals surface area contributed by atoms with Crippen molar-refractivity contribution in [1.82, 2.24) is 10.4 Å². The second-order valence-corrected chi connectivity index (χ2v) is 7.13. The van der Waals surface area contributed by atoms with Crippen molar-refractivity contribution in [2.75, 3.05) is 5.88 Å². The van der Waals surface area contributed by atoms with E-state index in [4.69, 9.17) is 11.6 Å². The van der Waals surface area contributed by atoms with Crippen molar-refractivity contribution in [3.63, 3.8) is 0 Å². The van der Waals surface area contributed by atoms with Gasteiger partial charge < -0.3 is 0 Å². The molecule has 5 heteroatoms.